The van der Waals surface area contributed by atoms with E-state index in [2.05, 4.69) is 83.5 Å². The average molecular weight is 837 g/mol. The molecule has 0 amide bonds. The fourth-order valence-corrected chi connectivity index (χ4v) is 12.0. The number of phenolic OH excluding ortho intramolecular Hbond substituents is 1. The molecule has 2 aliphatic carbocycles. The van der Waals surface area contributed by atoms with Gasteiger partial charge in [-0.25, -0.2) is 0 Å². The number of ether oxygens (including phenoxy) is 2. The van der Waals surface area contributed by atoms with Gasteiger partial charge in [0.2, 0.25) is 0 Å². The van der Waals surface area contributed by atoms with E-state index in [1.165, 1.54) is 27.9 Å². The maximum absolute atomic E-state index is 13.6. The summed E-state index contributed by atoms with van der Waals surface area (Å²) in [7, 11) is 0. The van der Waals surface area contributed by atoms with Gasteiger partial charge in [-0.2, -0.15) is 0 Å². The molecule has 3 aliphatic heterocycles. The summed E-state index contributed by atoms with van der Waals surface area (Å²) in [6.45, 7) is 9.68. The molecule has 2 saturated heterocycles. The quantitative estimate of drug-likeness (QED) is 0.134. The van der Waals surface area contributed by atoms with Crippen molar-refractivity contribution >= 4 is 28.7 Å². The predicted octanol–water partition coefficient (Wildman–Crippen LogP) is 10.4. The van der Waals surface area contributed by atoms with E-state index < -0.39 is 11.8 Å². The molecular formula is C54H64N2O6. The first kappa shape index (κ1) is 42.4. The van der Waals surface area contributed by atoms with Crippen LogP contribution in [0.25, 0.3) is 0 Å². The lowest BCUT2D eigenvalue weighted by atomic mass is 9.69. The van der Waals surface area contributed by atoms with E-state index in [-0.39, 0.29) is 34.9 Å². The number of carbonyl (C=O) groups excluding carboxylic acids is 3. The lowest BCUT2D eigenvalue weighted by Gasteiger charge is -2.40. The minimum Gasteiger partial charge on any atom is -0.508 e. The SMILES string of the molecule is CCCN1c2cc3c(cc2OC[C@H]1CCCC1COC2(CCN(c4ccc([C@H]5c6ccc(O)cc6CC[C@H]5c5ccccc5)cc4)CC2)C1)C(=O)C([C@@H](CCC(C)=O)C(C)=O)C3. The zero-order valence-electron chi connectivity index (χ0n) is 37.0. The zero-order valence-corrected chi connectivity index (χ0v) is 37.0. The van der Waals surface area contributed by atoms with E-state index in [0.29, 0.717) is 49.0 Å². The topological polar surface area (TPSA) is 96.4 Å². The van der Waals surface area contributed by atoms with Crippen molar-refractivity contribution in [2.45, 2.75) is 121 Å². The highest BCUT2D eigenvalue weighted by Gasteiger charge is 2.44. The summed E-state index contributed by atoms with van der Waals surface area (Å²) in [5.74, 6) is 1.54. The Balaban J connectivity index is 0.790. The number of aromatic hydroxyl groups is 1. The van der Waals surface area contributed by atoms with E-state index in [0.717, 1.165) is 101 Å². The predicted molar refractivity (Wildman–Crippen MR) is 245 cm³/mol. The second-order valence-corrected chi connectivity index (χ2v) is 19.3. The Morgan fingerprint density at radius 2 is 1.69 bits per heavy atom. The Morgan fingerprint density at radius 3 is 2.44 bits per heavy atom. The number of Topliss-reactive ketones (excluding diaryl/α,β-unsaturated/α-hetero) is 3. The van der Waals surface area contributed by atoms with Gasteiger partial charge >= 0.3 is 0 Å². The van der Waals surface area contributed by atoms with Crippen LogP contribution in [0.4, 0.5) is 11.4 Å². The number of fused-ring (bicyclic) bond motifs is 3. The second-order valence-electron chi connectivity index (χ2n) is 19.3. The van der Waals surface area contributed by atoms with Crippen LogP contribution in [0.1, 0.15) is 135 Å². The van der Waals surface area contributed by atoms with Gasteiger partial charge in [-0.15, -0.1) is 0 Å². The molecule has 8 heteroatoms. The molecule has 6 atom stereocenters. The fourth-order valence-electron chi connectivity index (χ4n) is 12.0. The number of phenols is 1. The molecule has 0 bridgehead atoms. The highest BCUT2D eigenvalue weighted by atomic mass is 16.5. The molecule has 3 heterocycles. The van der Waals surface area contributed by atoms with Crippen molar-refractivity contribution in [2.75, 3.05) is 42.6 Å². The highest BCUT2D eigenvalue weighted by Crippen LogP contribution is 2.48. The van der Waals surface area contributed by atoms with Crippen LogP contribution in [0, 0.1) is 17.8 Å². The first-order valence-electron chi connectivity index (χ1n) is 23.6. The molecule has 9 rings (SSSR count). The van der Waals surface area contributed by atoms with Crippen molar-refractivity contribution in [2.24, 2.45) is 17.8 Å². The van der Waals surface area contributed by atoms with Gasteiger partial charge < -0.3 is 29.2 Å². The third-order valence-electron chi connectivity index (χ3n) is 15.2. The van der Waals surface area contributed by atoms with Crippen molar-refractivity contribution < 1.29 is 29.0 Å². The second kappa shape index (κ2) is 18.0. The Morgan fingerprint density at radius 1 is 0.903 bits per heavy atom. The van der Waals surface area contributed by atoms with Gasteiger partial charge in [-0.05, 0) is 154 Å². The molecule has 1 N–H and O–H groups in total. The fraction of sp³-hybridized carbons (Fsp3) is 0.500. The monoisotopic (exact) mass is 836 g/mol. The maximum atomic E-state index is 13.6. The van der Waals surface area contributed by atoms with Crippen LogP contribution in [0.3, 0.4) is 0 Å². The van der Waals surface area contributed by atoms with Gasteiger partial charge in [0, 0.05) is 55.1 Å². The number of nitrogens with zero attached hydrogens (tertiary/aromatic N) is 2. The van der Waals surface area contributed by atoms with Gasteiger partial charge in [0.15, 0.2) is 5.78 Å². The van der Waals surface area contributed by atoms with Gasteiger partial charge in [-0.1, -0.05) is 61.9 Å². The van der Waals surface area contributed by atoms with Crippen LogP contribution in [-0.2, 0) is 27.2 Å². The lowest BCUT2D eigenvalue weighted by molar-refractivity contribution is -0.122. The summed E-state index contributed by atoms with van der Waals surface area (Å²) < 4.78 is 13.1. The van der Waals surface area contributed by atoms with Crippen molar-refractivity contribution in [1.29, 1.82) is 0 Å². The van der Waals surface area contributed by atoms with Gasteiger partial charge in [0.05, 0.1) is 23.9 Å². The van der Waals surface area contributed by atoms with E-state index in [9.17, 15) is 19.5 Å². The molecule has 4 aromatic rings. The lowest BCUT2D eigenvalue weighted by Crippen LogP contribution is -2.44. The third kappa shape index (κ3) is 8.56. The minimum atomic E-state index is -0.432. The van der Waals surface area contributed by atoms with Crippen molar-refractivity contribution in [3.8, 4) is 11.5 Å². The van der Waals surface area contributed by atoms with Crippen molar-refractivity contribution in [3.05, 3.63) is 118 Å². The number of ketones is 3. The summed E-state index contributed by atoms with van der Waals surface area (Å²) in [5, 5.41) is 10.3. The number of carbonyl (C=O) groups is 3. The molecule has 2 unspecified atom stereocenters. The van der Waals surface area contributed by atoms with Gasteiger partial charge in [0.25, 0.3) is 0 Å². The largest absolute Gasteiger partial charge is 0.508 e. The summed E-state index contributed by atoms with van der Waals surface area (Å²) >= 11 is 0. The molecule has 2 fully saturated rings. The molecule has 326 valence electrons. The molecule has 0 saturated carbocycles. The number of piperidine rings is 1. The first-order valence-corrected chi connectivity index (χ1v) is 23.6. The summed E-state index contributed by atoms with van der Waals surface area (Å²) in [5.41, 5.74) is 9.32. The number of hydrogen-bond acceptors (Lipinski definition) is 8. The van der Waals surface area contributed by atoms with E-state index in [1.54, 1.807) is 13.8 Å². The van der Waals surface area contributed by atoms with Crippen LogP contribution >= 0.6 is 0 Å². The number of rotatable bonds is 14. The summed E-state index contributed by atoms with van der Waals surface area (Å²) in [6, 6.07) is 30.6. The Kier molecular flexibility index (Phi) is 12.3. The number of benzene rings is 4. The maximum Gasteiger partial charge on any atom is 0.167 e. The van der Waals surface area contributed by atoms with Crippen molar-refractivity contribution in [1.82, 2.24) is 0 Å². The van der Waals surface area contributed by atoms with E-state index in [4.69, 9.17) is 9.47 Å². The summed E-state index contributed by atoms with van der Waals surface area (Å²) in [6.07, 6.45) is 10.9. The molecule has 8 nitrogen and oxygen atoms in total. The minimum absolute atomic E-state index is 0.0120. The number of aryl methyl sites for hydroxylation is 1. The summed E-state index contributed by atoms with van der Waals surface area (Å²) in [4.78, 5) is 43.1. The Bertz CT molecular complexity index is 2260. The number of hydrogen-bond donors (Lipinski definition) is 1. The molecule has 0 radical (unpaired) electrons. The van der Waals surface area contributed by atoms with Gasteiger partial charge in [0.1, 0.15) is 29.7 Å². The van der Waals surface area contributed by atoms with Crippen LogP contribution in [0.2, 0.25) is 0 Å². The highest BCUT2D eigenvalue weighted by molar-refractivity contribution is 6.05. The normalized spacial score (nSPS) is 24.3. The third-order valence-corrected chi connectivity index (χ3v) is 15.2. The molecule has 62 heavy (non-hydrogen) atoms. The Hall–Kier alpha value is -4.95. The van der Waals surface area contributed by atoms with Crippen molar-refractivity contribution in [3.63, 3.8) is 0 Å². The first-order chi connectivity index (χ1) is 30.1. The standard InChI is InChI=1S/C54H64N2O6/c1-4-25-56-43(34-61-51-31-48-41(30-50(51)56)29-49(53(48)60)45(36(3)58)20-13-35(2)57)12-8-9-37-32-54(62-33-37)23-26-55(27-24-54)42-17-14-39(15-18-42)52-46(38-10-6-5-7-11-38)21-16-40-28-44(59)19-22-47(40)52/h5-7,10-11,14-15,17-19,22,28,30-31,37,43,45-46,49,52,59H,4,8-9,12-13,16,20-21,23-27,29,32-34H2,1-3H3/t37?,43-,45+,46+,49?,52-/m1/s1. The van der Waals surface area contributed by atoms with E-state index >= 15 is 0 Å². The van der Waals surface area contributed by atoms with Gasteiger partial charge in [-0.3, -0.25) is 9.59 Å². The smallest absolute Gasteiger partial charge is 0.167 e. The van der Waals surface area contributed by atoms with E-state index in [1.807, 2.05) is 18.2 Å². The average Bonchev–Trinajstić information content (AvgIpc) is 3.82. The molecule has 0 aromatic heterocycles. The molecule has 1 spiro atoms. The van der Waals surface area contributed by atoms with Crippen LogP contribution in [0.15, 0.2) is 84.9 Å². The molecule has 5 aliphatic rings. The number of anilines is 2. The van der Waals surface area contributed by atoms with Crippen LogP contribution in [0.5, 0.6) is 11.5 Å². The molecule has 4 aromatic carbocycles. The van der Waals surface area contributed by atoms with Crippen LogP contribution < -0.4 is 14.5 Å². The zero-order chi connectivity index (χ0) is 43.0. The molecular weight excluding hydrogens is 773 g/mol. The van der Waals surface area contributed by atoms with Crippen LogP contribution in [-0.4, -0.2) is 66.9 Å². The Labute approximate surface area is 368 Å².